The van der Waals surface area contributed by atoms with Crippen molar-refractivity contribution in [2.45, 2.75) is 84.6 Å². The van der Waals surface area contributed by atoms with Crippen molar-refractivity contribution in [2.24, 2.45) is 0 Å². The van der Waals surface area contributed by atoms with Crippen molar-refractivity contribution in [1.82, 2.24) is 5.32 Å². The zero-order chi connectivity index (χ0) is 11.6. The minimum Gasteiger partial charge on any atom is -0.312 e. The number of nitrogens with one attached hydrogen (secondary N) is 1. The monoisotopic (exact) mass is 213 g/mol. The molecule has 92 valence electrons. The molecule has 0 bridgehead atoms. The van der Waals surface area contributed by atoms with Crippen molar-refractivity contribution in [2.75, 3.05) is 6.54 Å². The van der Waals surface area contributed by atoms with Gasteiger partial charge in [0.1, 0.15) is 0 Å². The maximum atomic E-state index is 3.65. The third-order valence-corrected chi connectivity index (χ3v) is 3.04. The van der Waals surface area contributed by atoms with E-state index in [1.54, 1.807) is 0 Å². The number of unbranched alkanes of at least 4 members (excludes halogenated alkanes) is 5. The molecule has 0 saturated carbocycles. The standard InChI is InChI=1S/C14H31N/c1-5-7-9-10-11-12-14(3,4)15-13-8-6-2/h15H,5-13H2,1-4H3. The summed E-state index contributed by atoms with van der Waals surface area (Å²) < 4.78 is 0. The van der Waals surface area contributed by atoms with Gasteiger partial charge in [-0.15, -0.1) is 0 Å². The highest BCUT2D eigenvalue weighted by Gasteiger charge is 2.15. The number of rotatable bonds is 10. The summed E-state index contributed by atoms with van der Waals surface area (Å²) in [5, 5.41) is 3.65. The highest BCUT2D eigenvalue weighted by Crippen LogP contribution is 2.15. The average molecular weight is 213 g/mol. The van der Waals surface area contributed by atoms with E-state index in [-0.39, 0.29) is 0 Å². The normalized spacial score (nSPS) is 12.0. The first-order chi connectivity index (χ1) is 7.12. The Morgan fingerprint density at radius 3 is 2.00 bits per heavy atom. The summed E-state index contributed by atoms with van der Waals surface area (Å²) in [6.45, 7) is 10.4. The van der Waals surface area contributed by atoms with Crippen LogP contribution in [0.25, 0.3) is 0 Å². The zero-order valence-electron chi connectivity index (χ0n) is 11.4. The van der Waals surface area contributed by atoms with Crippen LogP contribution in [0.15, 0.2) is 0 Å². The van der Waals surface area contributed by atoms with E-state index in [9.17, 15) is 0 Å². The maximum Gasteiger partial charge on any atom is 0.0125 e. The van der Waals surface area contributed by atoms with Gasteiger partial charge in [-0.1, -0.05) is 52.4 Å². The van der Waals surface area contributed by atoms with Gasteiger partial charge < -0.3 is 5.32 Å². The molecule has 1 N–H and O–H groups in total. The zero-order valence-corrected chi connectivity index (χ0v) is 11.4. The van der Waals surface area contributed by atoms with E-state index in [1.165, 1.54) is 57.9 Å². The summed E-state index contributed by atoms with van der Waals surface area (Å²) >= 11 is 0. The number of hydrogen-bond donors (Lipinski definition) is 1. The maximum absolute atomic E-state index is 3.65. The largest absolute Gasteiger partial charge is 0.312 e. The molecule has 1 heteroatoms. The van der Waals surface area contributed by atoms with Gasteiger partial charge in [-0.25, -0.2) is 0 Å². The van der Waals surface area contributed by atoms with Gasteiger partial charge in [-0.3, -0.25) is 0 Å². The highest BCUT2D eigenvalue weighted by atomic mass is 14.9. The van der Waals surface area contributed by atoms with Crippen molar-refractivity contribution in [3.63, 3.8) is 0 Å². The molecular weight excluding hydrogens is 182 g/mol. The van der Waals surface area contributed by atoms with E-state index in [2.05, 4.69) is 33.0 Å². The van der Waals surface area contributed by atoms with Gasteiger partial charge in [0, 0.05) is 5.54 Å². The van der Waals surface area contributed by atoms with Gasteiger partial charge in [0.25, 0.3) is 0 Å². The van der Waals surface area contributed by atoms with Crippen LogP contribution < -0.4 is 5.32 Å². The molecular formula is C14H31N. The third-order valence-electron chi connectivity index (χ3n) is 3.04. The Balaban J connectivity index is 3.38. The van der Waals surface area contributed by atoms with E-state index in [1.807, 2.05) is 0 Å². The predicted octanol–water partition coefficient (Wildman–Crippen LogP) is 4.52. The molecule has 0 aliphatic heterocycles. The molecule has 0 aromatic carbocycles. The fourth-order valence-corrected chi connectivity index (χ4v) is 1.86. The topological polar surface area (TPSA) is 12.0 Å². The molecule has 0 rings (SSSR count). The SMILES string of the molecule is CCCCCCCC(C)(C)NCCCC. The molecule has 0 amide bonds. The van der Waals surface area contributed by atoms with Crippen molar-refractivity contribution >= 4 is 0 Å². The first kappa shape index (κ1) is 15.0. The molecule has 0 aliphatic carbocycles. The lowest BCUT2D eigenvalue weighted by atomic mass is 9.96. The molecule has 0 atom stereocenters. The van der Waals surface area contributed by atoms with Crippen LogP contribution in [0.5, 0.6) is 0 Å². The summed E-state index contributed by atoms with van der Waals surface area (Å²) in [6.07, 6.45) is 10.9. The van der Waals surface area contributed by atoms with Gasteiger partial charge in [-0.2, -0.15) is 0 Å². The fourth-order valence-electron chi connectivity index (χ4n) is 1.86. The first-order valence-corrected chi connectivity index (χ1v) is 6.87. The molecule has 0 aliphatic rings. The summed E-state index contributed by atoms with van der Waals surface area (Å²) in [5.74, 6) is 0. The Kier molecular flexibility index (Phi) is 9.18. The minimum absolute atomic E-state index is 0.349. The second kappa shape index (κ2) is 9.21. The van der Waals surface area contributed by atoms with Gasteiger partial charge in [-0.05, 0) is 33.2 Å². The molecule has 0 aromatic rings. The molecule has 0 aromatic heterocycles. The molecule has 1 nitrogen and oxygen atoms in total. The van der Waals surface area contributed by atoms with Crippen LogP contribution in [0.1, 0.15) is 79.1 Å². The Morgan fingerprint density at radius 2 is 1.40 bits per heavy atom. The van der Waals surface area contributed by atoms with Crippen molar-refractivity contribution in [3.05, 3.63) is 0 Å². The average Bonchev–Trinajstić information content (AvgIpc) is 2.17. The van der Waals surface area contributed by atoms with Crippen LogP contribution in [0.3, 0.4) is 0 Å². The summed E-state index contributed by atoms with van der Waals surface area (Å²) in [4.78, 5) is 0. The molecule has 0 radical (unpaired) electrons. The minimum atomic E-state index is 0.349. The highest BCUT2D eigenvalue weighted by molar-refractivity contribution is 4.76. The lowest BCUT2D eigenvalue weighted by Gasteiger charge is -2.26. The van der Waals surface area contributed by atoms with E-state index >= 15 is 0 Å². The number of hydrogen-bond acceptors (Lipinski definition) is 1. The van der Waals surface area contributed by atoms with E-state index in [4.69, 9.17) is 0 Å². The quantitative estimate of drug-likeness (QED) is 0.526. The van der Waals surface area contributed by atoms with Gasteiger partial charge in [0.05, 0.1) is 0 Å². The van der Waals surface area contributed by atoms with Crippen LogP contribution >= 0.6 is 0 Å². The van der Waals surface area contributed by atoms with Gasteiger partial charge in [0.2, 0.25) is 0 Å². The lowest BCUT2D eigenvalue weighted by molar-refractivity contribution is 0.345. The summed E-state index contributed by atoms with van der Waals surface area (Å²) in [7, 11) is 0. The second-order valence-electron chi connectivity index (χ2n) is 5.33. The second-order valence-corrected chi connectivity index (χ2v) is 5.33. The molecule has 0 heterocycles. The first-order valence-electron chi connectivity index (χ1n) is 6.87. The lowest BCUT2D eigenvalue weighted by Crippen LogP contribution is -2.39. The van der Waals surface area contributed by atoms with Gasteiger partial charge >= 0.3 is 0 Å². The summed E-state index contributed by atoms with van der Waals surface area (Å²) in [6, 6.07) is 0. The van der Waals surface area contributed by atoms with Crippen LogP contribution in [0.4, 0.5) is 0 Å². The van der Waals surface area contributed by atoms with Crippen molar-refractivity contribution in [1.29, 1.82) is 0 Å². The summed E-state index contributed by atoms with van der Waals surface area (Å²) in [5.41, 5.74) is 0.349. The van der Waals surface area contributed by atoms with Crippen LogP contribution in [0.2, 0.25) is 0 Å². The molecule has 0 spiro atoms. The Hall–Kier alpha value is -0.0400. The Labute approximate surface area is 97.0 Å². The Morgan fingerprint density at radius 1 is 0.800 bits per heavy atom. The van der Waals surface area contributed by atoms with Crippen molar-refractivity contribution < 1.29 is 0 Å². The Bertz CT molecular complexity index is 129. The van der Waals surface area contributed by atoms with Crippen LogP contribution in [0, 0.1) is 0 Å². The predicted molar refractivity (Wildman–Crippen MR) is 70.4 cm³/mol. The van der Waals surface area contributed by atoms with E-state index in [0.717, 1.165) is 0 Å². The molecule has 0 unspecified atom stereocenters. The molecule has 0 saturated heterocycles. The van der Waals surface area contributed by atoms with Crippen LogP contribution in [-0.4, -0.2) is 12.1 Å². The van der Waals surface area contributed by atoms with Crippen molar-refractivity contribution in [3.8, 4) is 0 Å². The third kappa shape index (κ3) is 10.2. The van der Waals surface area contributed by atoms with E-state index < -0.39 is 0 Å². The smallest absolute Gasteiger partial charge is 0.0125 e. The molecule has 0 fully saturated rings. The van der Waals surface area contributed by atoms with Crippen LogP contribution in [-0.2, 0) is 0 Å². The van der Waals surface area contributed by atoms with Gasteiger partial charge in [0.15, 0.2) is 0 Å². The van der Waals surface area contributed by atoms with E-state index in [0.29, 0.717) is 5.54 Å². The fraction of sp³-hybridized carbons (Fsp3) is 1.00. The molecule has 15 heavy (non-hydrogen) atoms.